The zero-order valence-corrected chi connectivity index (χ0v) is 18.4. The Bertz CT molecular complexity index is 1130. The molecule has 7 heteroatoms. The quantitative estimate of drug-likeness (QED) is 0.404. The van der Waals surface area contributed by atoms with E-state index >= 15 is 0 Å². The van der Waals surface area contributed by atoms with Gasteiger partial charge in [0.1, 0.15) is 0 Å². The van der Waals surface area contributed by atoms with Crippen molar-refractivity contribution in [1.29, 1.82) is 0 Å². The average molecular weight is 447 g/mol. The van der Waals surface area contributed by atoms with Gasteiger partial charge in [-0.2, -0.15) is 0 Å². The van der Waals surface area contributed by atoms with E-state index in [0.29, 0.717) is 17.8 Å². The van der Waals surface area contributed by atoms with Crippen molar-refractivity contribution in [3.05, 3.63) is 78.4 Å². The first-order valence-electron chi connectivity index (χ1n) is 10.2. The van der Waals surface area contributed by atoms with Crippen molar-refractivity contribution in [1.82, 2.24) is 0 Å². The van der Waals surface area contributed by atoms with Crippen LogP contribution in [-0.2, 0) is 14.3 Å². The number of ketones is 1. The lowest BCUT2D eigenvalue weighted by Crippen LogP contribution is -2.26. The molecular weight excluding hydrogens is 424 g/mol. The van der Waals surface area contributed by atoms with E-state index in [2.05, 4.69) is 22.3 Å². The number of carbonyl (C=O) groups is 3. The second-order valence-corrected chi connectivity index (χ2v) is 8.33. The first kappa shape index (κ1) is 21.6. The van der Waals surface area contributed by atoms with Crippen LogP contribution in [0.15, 0.2) is 82.6 Å². The lowest BCUT2D eigenvalue weighted by molar-refractivity contribution is -0.147. The molecule has 0 spiro atoms. The van der Waals surface area contributed by atoms with Crippen molar-refractivity contribution in [2.45, 2.75) is 23.1 Å². The summed E-state index contributed by atoms with van der Waals surface area (Å²) in [7, 11) is 0. The molecule has 0 fully saturated rings. The Hall–Kier alpha value is -3.58. The number of nitrogens with zero attached hydrogens (tertiary/aromatic N) is 1. The van der Waals surface area contributed by atoms with E-state index in [0.717, 1.165) is 21.2 Å². The largest absolute Gasteiger partial charge is 0.456 e. The Kier molecular flexibility index (Phi) is 6.56. The summed E-state index contributed by atoms with van der Waals surface area (Å²) in [6, 6.07) is 22.8. The van der Waals surface area contributed by atoms with Gasteiger partial charge in [-0.05, 0) is 43.3 Å². The molecule has 4 rings (SSSR count). The summed E-state index contributed by atoms with van der Waals surface area (Å²) in [5.74, 6) is -1.11. The highest BCUT2D eigenvalue weighted by Gasteiger charge is 2.23. The maximum absolute atomic E-state index is 12.4. The number of amides is 1. The molecule has 3 aromatic carbocycles. The van der Waals surface area contributed by atoms with Crippen LogP contribution in [0.3, 0.4) is 0 Å². The number of Topliss-reactive ketones (excluding diaryl/α,β-unsaturated/α-hetero) is 1. The molecule has 6 nitrogen and oxygen atoms in total. The van der Waals surface area contributed by atoms with Crippen molar-refractivity contribution in [2.75, 3.05) is 23.4 Å². The first-order valence-corrected chi connectivity index (χ1v) is 11.0. The van der Waals surface area contributed by atoms with E-state index in [9.17, 15) is 14.4 Å². The van der Waals surface area contributed by atoms with Gasteiger partial charge in [-0.15, -0.1) is 0 Å². The van der Waals surface area contributed by atoms with Gasteiger partial charge in [0.25, 0.3) is 5.91 Å². The summed E-state index contributed by atoms with van der Waals surface area (Å²) in [6.45, 7) is 1.46. The molecule has 1 N–H and O–H groups in total. The molecule has 0 bridgehead atoms. The van der Waals surface area contributed by atoms with Gasteiger partial charge in [-0.3, -0.25) is 14.4 Å². The van der Waals surface area contributed by atoms with Crippen LogP contribution in [0.5, 0.6) is 0 Å². The average Bonchev–Trinajstić information content (AvgIpc) is 2.80. The van der Waals surface area contributed by atoms with Crippen LogP contribution in [-0.4, -0.2) is 30.8 Å². The normalized spacial score (nSPS) is 11.8. The maximum Gasteiger partial charge on any atom is 0.308 e. The molecule has 0 radical (unpaired) electrons. The predicted molar refractivity (Wildman–Crippen MR) is 125 cm³/mol. The maximum atomic E-state index is 12.4. The van der Waals surface area contributed by atoms with E-state index < -0.39 is 18.5 Å². The van der Waals surface area contributed by atoms with Crippen LogP contribution < -0.4 is 10.2 Å². The molecular formula is C25H22N2O4S. The number of esters is 1. The number of rotatable bonds is 7. The number of carbonyl (C=O) groups excluding carboxylic acids is 3. The molecule has 1 aliphatic heterocycles. The number of anilines is 3. The SMILES string of the molecule is CC(=O)c1ccccc1NC(=O)COC(=O)CCN1c2ccccc2Sc2ccccc21. The van der Waals surface area contributed by atoms with Gasteiger partial charge in [0.15, 0.2) is 12.4 Å². The molecule has 1 aliphatic rings. The zero-order valence-electron chi connectivity index (χ0n) is 17.5. The highest BCUT2D eigenvalue weighted by Crippen LogP contribution is 2.47. The molecule has 0 aliphatic carbocycles. The van der Waals surface area contributed by atoms with Crippen LogP contribution in [0.25, 0.3) is 0 Å². The Balaban J connectivity index is 1.35. The van der Waals surface area contributed by atoms with Crippen LogP contribution >= 0.6 is 11.8 Å². The van der Waals surface area contributed by atoms with Gasteiger partial charge < -0.3 is 15.0 Å². The summed E-state index contributed by atoms with van der Waals surface area (Å²) in [5, 5.41) is 2.63. The van der Waals surface area contributed by atoms with Gasteiger partial charge in [-0.25, -0.2) is 0 Å². The predicted octanol–water partition coefficient (Wildman–Crippen LogP) is 5.06. The standard InChI is InChI=1S/C25H22N2O4S/c1-17(28)18-8-2-3-9-19(18)26-24(29)16-31-25(30)14-15-27-20-10-4-6-12-22(20)32-23-13-7-5-11-21(23)27/h2-13H,14-16H2,1H3,(H,26,29). The van der Waals surface area contributed by atoms with Crippen molar-refractivity contribution in [3.8, 4) is 0 Å². The van der Waals surface area contributed by atoms with Crippen molar-refractivity contribution in [2.24, 2.45) is 0 Å². The fourth-order valence-electron chi connectivity index (χ4n) is 3.53. The minimum atomic E-state index is -0.489. The summed E-state index contributed by atoms with van der Waals surface area (Å²) in [5.41, 5.74) is 2.90. The highest BCUT2D eigenvalue weighted by molar-refractivity contribution is 7.99. The fraction of sp³-hybridized carbons (Fsp3) is 0.160. The Morgan fingerprint density at radius 1 is 0.875 bits per heavy atom. The summed E-state index contributed by atoms with van der Waals surface area (Å²) < 4.78 is 5.18. The van der Waals surface area contributed by atoms with E-state index in [4.69, 9.17) is 4.74 Å². The number of ether oxygens (including phenoxy) is 1. The lowest BCUT2D eigenvalue weighted by atomic mass is 10.1. The smallest absolute Gasteiger partial charge is 0.308 e. The van der Waals surface area contributed by atoms with E-state index in [1.165, 1.54) is 6.92 Å². The summed E-state index contributed by atoms with van der Waals surface area (Å²) >= 11 is 1.70. The Morgan fingerprint density at radius 2 is 1.47 bits per heavy atom. The van der Waals surface area contributed by atoms with Gasteiger partial charge in [0, 0.05) is 21.9 Å². The summed E-state index contributed by atoms with van der Waals surface area (Å²) in [4.78, 5) is 40.6. The Labute approximate surface area is 190 Å². The molecule has 0 saturated carbocycles. The second-order valence-electron chi connectivity index (χ2n) is 7.25. The molecule has 1 heterocycles. The molecule has 162 valence electrons. The minimum Gasteiger partial charge on any atom is -0.456 e. The third kappa shape index (κ3) is 4.84. The van der Waals surface area contributed by atoms with Gasteiger partial charge in [0.05, 0.1) is 23.5 Å². The van der Waals surface area contributed by atoms with E-state index in [1.807, 2.05) is 36.4 Å². The van der Waals surface area contributed by atoms with Gasteiger partial charge in [0.2, 0.25) is 0 Å². The number of benzene rings is 3. The monoisotopic (exact) mass is 446 g/mol. The molecule has 3 aromatic rings. The first-order chi connectivity index (χ1) is 15.5. The van der Waals surface area contributed by atoms with Crippen LogP contribution in [0.2, 0.25) is 0 Å². The number of nitrogens with one attached hydrogen (secondary N) is 1. The third-order valence-electron chi connectivity index (χ3n) is 5.02. The topological polar surface area (TPSA) is 75.7 Å². The minimum absolute atomic E-state index is 0.130. The zero-order chi connectivity index (χ0) is 22.5. The molecule has 0 atom stereocenters. The summed E-state index contributed by atoms with van der Waals surface area (Å²) in [6.07, 6.45) is 0.130. The van der Waals surface area contributed by atoms with Crippen LogP contribution in [0.4, 0.5) is 17.1 Å². The highest BCUT2D eigenvalue weighted by atomic mass is 32.2. The number of para-hydroxylation sites is 3. The second kappa shape index (κ2) is 9.70. The van der Waals surface area contributed by atoms with Crippen LogP contribution in [0.1, 0.15) is 23.7 Å². The van der Waals surface area contributed by atoms with Gasteiger partial charge >= 0.3 is 5.97 Å². The van der Waals surface area contributed by atoms with E-state index in [-0.39, 0.29) is 12.2 Å². The fourth-order valence-corrected chi connectivity index (χ4v) is 4.62. The number of hydrogen-bond acceptors (Lipinski definition) is 6. The van der Waals surface area contributed by atoms with E-state index in [1.54, 1.807) is 36.0 Å². The number of hydrogen-bond donors (Lipinski definition) is 1. The Morgan fingerprint density at radius 3 is 2.12 bits per heavy atom. The van der Waals surface area contributed by atoms with Crippen molar-refractivity contribution >= 4 is 46.5 Å². The lowest BCUT2D eigenvalue weighted by Gasteiger charge is -2.32. The third-order valence-corrected chi connectivity index (χ3v) is 6.15. The van der Waals surface area contributed by atoms with Crippen molar-refractivity contribution in [3.63, 3.8) is 0 Å². The van der Waals surface area contributed by atoms with Gasteiger partial charge in [-0.1, -0.05) is 48.2 Å². The van der Waals surface area contributed by atoms with Crippen LogP contribution in [0, 0.1) is 0 Å². The molecule has 0 aromatic heterocycles. The van der Waals surface area contributed by atoms with Crippen molar-refractivity contribution < 1.29 is 19.1 Å². The molecule has 0 unspecified atom stereocenters. The molecule has 0 saturated heterocycles. The molecule has 32 heavy (non-hydrogen) atoms. The number of fused-ring (bicyclic) bond motifs is 2. The molecule has 1 amide bonds.